The molecule has 0 radical (unpaired) electrons. The largest absolute Gasteiger partial charge is 0.497 e. The maximum atomic E-state index is 11.9. The Labute approximate surface area is 133 Å². The molecule has 0 bridgehead atoms. The normalized spacial score (nSPS) is 13.9. The van der Waals surface area contributed by atoms with Gasteiger partial charge in [-0.05, 0) is 30.5 Å². The number of benzene rings is 1. The van der Waals surface area contributed by atoms with Gasteiger partial charge in [-0.25, -0.2) is 0 Å². The topological polar surface area (TPSA) is 69.0 Å². The van der Waals surface area contributed by atoms with Crippen molar-refractivity contribution in [1.29, 1.82) is 0 Å². The summed E-state index contributed by atoms with van der Waals surface area (Å²) in [5, 5.41) is 11.7. The van der Waals surface area contributed by atoms with Gasteiger partial charge < -0.3 is 14.6 Å². The molecule has 3 rings (SSSR count). The first-order chi connectivity index (χ1) is 10.8. The second kappa shape index (κ2) is 6.83. The number of nitrogens with zero attached hydrogens (tertiary/aromatic N) is 3. The summed E-state index contributed by atoms with van der Waals surface area (Å²) in [6.07, 6.45) is 4.09. The molecule has 1 aromatic carbocycles. The summed E-state index contributed by atoms with van der Waals surface area (Å²) in [7, 11) is 1.63. The summed E-state index contributed by atoms with van der Waals surface area (Å²) < 4.78 is 7.22. The van der Waals surface area contributed by atoms with Crippen molar-refractivity contribution in [3.05, 3.63) is 36.2 Å². The molecule has 1 heterocycles. The Morgan fingerprint density at radius 3 is 3.14 bits per heavy atom. The highest BCUT2D eigenvalue weighted by molar-refractivity contribution is 7.99. The van der Waals surface area contributed by atoms with Crippen LogP contribution in [0.25, 0.3) is 0 Å². The van der Waals surface area contributed by atoms with Crippen LogP contribution in [0.4, 0.5) is 0 Å². The average molecular weight is 318 g/mol. The van der Waals surface area contributed by atoms with Crippen LogP contribution in [-0.4, -0.2) is 33.5 Å². The van der Waals surface area contributed by atoms with Crippen molar-refractivity contribution in [2.75, 3.05) is 12.9 Å². The molecular weight excluding hydrogens is 300 g/mol. The zero-order valence-electron chi connectivity index (χ0n) is 12.4. The maximum absolute atomic E-state index is 11.9. The number of hydrogen-bond acceptors (Lipinski definition) is 5. The van der Waals surface area contributed by atoms with Gasteiger partial charge in [0.05, 0.1) is 12.9 Å². The van der Waals surface area contributed by atoms with Crippen molar-refractivity contribution >= 4 is 17.7 Å². The van der Waals surface area contributed by atoms with Gasteiger partial charge in [-0.15, -0.1) is 10.2 Å². The number of amides is 1. The predicted molar refractivity (Wildman–Crippen MR) is 83.9 cm³/mol. The molecule has 0 aliphatic heterocycles. The molecule has 1 N–H and O–H groups in total. The molecule has 1 aromatic heterocycles. The quantitative estimate of drug-likeness (QED) is 0.791. The Morgan fingerprint density at radius 1 is 1.50 bits per heavy atom. The van der Waals surface area contributed by atoms with Gasteiger partial charge in [0.2, 0.25) is 5.91 Å². The van der Waals surface area contributed by atoms with Gasteiger partial charge in [0, 0.05) is 12.6 Å². The van der Waals surface area contributed by atoms with Gasteiger partial charge in [-0.1, -0.05) is 23.9 Å². The van der Waals surface area contributed by atoms with Crippen LogP contribution >= 0.6 is 11.8 Å². The van der Waals surface area contributed by atoms with Crippen LogP contribution < -0.4 is 10.1 Å². The fraction of sp³-hybridized carbons (Fsp3) is 0.400. The van der Waals surface area contributed by atoms with E-state index in [1.807, 2.05) is 24.3 Å². The minimum Gasteiger partial charge on any atom is -0.497 e. The van der Waals surface area contributed by atoms with Crippen LogP contribution in [-0.2, 0) is 11.3 Å². The van der Waals surface area contributed by atoms with E-state index in [0.29, 0.717) is 18.3 Å². The molecule has 6 nitrogen and oxygen atoms in total. The predicted octanol–water partition coefficient (Wildman–Crippen LogP) is 2.03. The third-order valence-corrected chi connectivity index (χ3v) is 4.39. The fourth-order valence-electron chi connectivity index (χ4n) is 2.10. The van der Waals surface area contributed by atoms with E-state index in [0.717, 1.165) is 16.5 Å². The van der Waals surface area contributed by atoms with Gasteiger partial charge in [0.25, 0.3) is 0 Å². The number of carbonyl (C=O) groups excluding carboxylic acids is 1. The molecule has 1 aliphatic rings. The lowest BCUT2D eigenvalue weighted by Gasteiger charge is -2.07. The standard InChI is InChI=1S/C15H18N4O2S/c1-21-13-4-2-3-11(7-13)8-16-14(20)9-22-15-18-17-10-19(15)12-5-6-12/h2-4,7,10,12H,5-6,8-9H2,1H3,(H,16,20). The lowest BCUT2D eigenvalue weighted by molar-refractivity contribution is -0.118. The zero-order valence-corrected chi connectivity index (χ0v) is 13.2. The summed E-state index contributed by atoms with van der Waals surface area (Å²) in [6, 6.07) is 8.19. The Morgan fingerprint density at radius 2 is 2.36 bits per heavy atom. The molecule has 22 heavy (non-hydrogen) atoms. The third kappa shape index (κ3) is 3.79. The smallest absolute Gasteiger partial charge is 0.230 e. The maximum Gasteiger partial charge on any atom is 0.230 e. The summed E-state index contributed by atoms with van der Waals surface area (Å²) >= 11 is 1.43. The van der Waals surface area contributed by atoms with Gasteiger partial charge in [0.15, 0.2) is 5.16 Å². The Bertz CT molecular complexity index is 654. The minimum absolute atomic E-state index is 0.0156. The lowest BCUT2D eigenvalue weighted by Crippen LogP contribution is -2.24. The van der Waals surface area contributed by atoms with Crippen LogP contribution in [0.2, 0.25) is 0 Å². The van der Waals surface area contributed by atoms with Crippen molar-refractivity contribution in [1.82, 2.24) is 20.1 Å². The van der Waals surface area contributed by atoms with E-state index in [9.17, 15) is 4.79 Å². The summed E-state index contributed by atoms with van der Waals surface area (Å²) in [5.74, 6) is 1.12. The van der Waals surface area contributed by atoms with Gasteiger partial charge in [-0.2, -0.15) is 0 Å². The van der Waals surface area contributed by atoms with E-state index in [2.05, 4.69) is 20.1 Å². The fourth-order valence-corrected chi connectivity index (χ4v) is 2.92. The molecule has 0 unspecified atom stereocenters. The van der Waals surface area contributed by atoms with Crippen molar-refractivity contribution in [3.8, 4) is 5.75 Å². The average Bonchev–Trinajstić information content (AvgIpc) is 3.29. The number of methoxy groups -OCH3 is 1. The van der Waals surface area contributed by atoms with Crippen LogP contribution in [0, 0.1) is 0 Å². The zero-order chi connectivity index (χ0) is 15.4. The number of ether oxygens (including phenoxy) is 1. The second-order valence-electron chi connectivity index (χ2n) is 5.17. The number of thioether (sulfide) groups is 1. The molecule has 0 spiro atoms. The van der Waals surface area contributed by atoms with Crippen molar-refractivity contribution in [3.63, 3.8) is 0 Å². The van der Waals surface area contributed by atoms with Crippen molar-refractivity contribution in [2.24, 2.45) is 0 Å². The summed E-state index contributed by atoms with van der Waals surface area (Å²) in [6.45, 7) is 0.492. The van der Waals surface area contributed by atoms with E-state index in [4.69, 9.17) is 4.74 Å². The first-order valence-corrected chi connectivity index (χ1v) is 8.17. The Balaban J connectivity index is 1.47. The van der Waals surface area contributed by atoms with Crippen molar-refractivity contribution in [2.45, 2.75) is 30.6 Å². The highest BCUT2D eigenvalue weighted by atomic mass is 32.2. The van der Waals surface area contributed by atoms with Gasteiger partial charge in [0.1, 0.15) is 12.1 Å². The first-order valence-electron chi connectivity index (χ1n) is 7.18. The molecule has 7 heteroatoms. The third-order valence-electron chi connectivity index (χ3n) is 3.44. The van der Waals surface area contributed by atoms with Gasteiger partial charge in [-0.3, -0.25) is 4.79 Å². The molecule has 1 amide bonds. The van der Waals surface area contributed by atoms with Crippen LogP contribution in [0.15, 0.2) is 35.7 Å². The molecule has 2 aromatic rings. The molecule has 116 valence electrons. The monoisotopic (exact) mass is 318 g/mol. The molecule has 1 fully saturated rings. The number of hydrogen-bond donors (Lipinski definition) is 1. The van der Waals surface area contributed by atoms with Crippen molar-refractivity contribution < 1.29 is 9.53 Å². The number of carbonyl (C=O) groups is 1. The second-order valence-corrected chi connectivity index (χ2v) is 6.11. The number of aromatic nitrogens is 3. The summed E-state index contributed by atoms with van der Waals surface area (Å²) in [4.78, 5) is 11.9. The van der Waals surface area contributed by atoms with Crippen LogP contribution in [0.1, 0.15) is 24.4 Å². The van der Waals surface area contributed by atoms with E-state index < -0.39 is 0 Å². The lowest BCUT2D eigenvalue weighted by atomic mass is 10.2. The molecule has 1 aliphatic carbocycles. The van der Waals surface area contributed by atoms with E-state index in [1.165, 1.54) is 24.6 Å². The molecular formula is C15H18N4O2S. The van der Waals surface area contributed by atoms with E-state index in [1.54, 1.807) is 13.4 Å². The molecule has 0 atom stereocenters. The highest BCUT2D eigenvalue weighted by Gasteiger charge is 2.26. The van der Waals surface area contributed by atoms with Gasteiger partial charge >= 0.3 is 0 Å². The highest BCUT2D eigenvalue weighted by Crippen LogP contribution is 2.37. The Hall–Kier alpha value is -2.02. The number of rotatable bonds is 7. The minimum atomic E-state index is -0.0156. The first kappa shape index (κ1) is 14.9. The van der Waals surface area contributed by atoms with Crippen LogP contribution in [0.3, 0.4) is 0 Å². The molecule has 0 saturated heterocycles. The van der Waals surface area contributed by atoms with E-state index in [-0.39, 0.29) is 5.91 Å². The van der Waals surface area contributed by atoms with Crippen LogP contribution in [0.5, 0.6) is 5.75 Å². The summed E-state index contributed by atoms with van der Waals surface area (Å²) in [5.41, 5.74) is 1.01. The molecule has 1 saturated carbocycles. The Kier molecular flexibility index (Phi) is 4.62. The SMILES string of the molecule is COc1cccc(CNC(=O)CSc2nncn2C2CC2)c1. The van der Waals surface area contributed by atoms with E-state index >= 15 is 0 Å². The number of nitrogens with one attached hydrogen (secondary N) is 1.